The normalized spacial score (nSPS) is 14.9. The average Bonchev–Trinajstić information content (AvgIpc) is 3.29. The lowest BCUT2D eigenvalue weighted by Crippen LogP contribution is -2.33. The van der Waals surface area contributed by atoms with Gasteiger partial charge in [-0.25, -0.2) is 9.97 Å². The Morgan fingerprint density at radius 2 is 2.12 bits per heavy atom. The van der Waals surface area contributed by atoms with E-state index in [2.05, 4.69) is 25.6 Å². The summed E-state index contributed by atoms with van der Waals surface area (Å²) in [7, 11) is 0. The third-order valence-electron chi connectivity index (χ3n) is 5.35. The second-order valence-corrected chi connectivity index (χ2v) is 8.15. The van der Waals surface area contributed by atoms with E-state index in [-0.39, 0.29) is 42.6 Å². The number of aryl methyl sites for hydroxylation is 1. The van der Waals surface area contributed by atoms with Gasteiger partial charge in [0.1, 0.15) is 17.8 Å². The first kappa shape index (κ1) is 24.9. The molecule has 1 fully saturated rings. The Kier molecular flexibility index (Phi) is 8.62. The smallest absolute Gasteiger partial charge is 0.272 e. The number of benzene rings is 1. The van der Waals surface area contributed by atoms with Crippen LogP contribution in [-0.2, 0) is 4.74 Å². The number of carbonyl (C=O) groups excluding carboxylic acids is 1. The standard InChI is InChI=1S/C22H26ClN7O2.ClH/c1-14-11-25-22(27-17-5-7-32-8-6-17)29-20(14)30-12-19(26-13-30)21(31)28-18(10-24)15-3-2-4-16(23)9-15;/h2-4,9,11-13,17-18H,5-8,10,24H2,1H3,(H,28,31)(H,25,27,29);1H/t18-;/m1./s1. The SMILES string of the molecule is Cc1cnc(NC2CCOCC2)nc1-n1cnc(C(=O)N[C@H](CN)c2cccc(Cl)c2)c1.Cl. The van der Waals surface area contributed by atoms with Gasteiger partial charge in [0.05, 0.1) is 6.04 Å². The van der Waals surface area contributed by atoms with E-state index >= 15 is 0 Å². The molecule has 176 valence electrons. The van der Waals surface area contributed by atoms with Gasteiger partial charge in [-0.05, 0) is 37.5 Å². The predicted octanol–water partition coefficient (Wildman–Crippen LogP) is 3.07. The first-order valence-electron chi connectivity index (χ1n) is 10.5. The lowest BCUT2D eigenvalue weighted by molar-refractivity contribution is 0.0903. The summed E-state index contributed by atoms with van der Waals surface area (Å²) < 4.78 is 7.12. The van der Waals surface area contributed by atoms with Gasteiger partial charge in [-0.3, -0.25) is 9.36 Å². The number of halogens is 2. The van der Waals surface area contributed by atoms with Gasteiger partial charge >= 0.3 is 0 Å². The molecule has 0 unspecified atom stereocenters. The number of imidazole rings is 1. The van der Waals surface area contributed by atoms with Crippen LogP contribution in [0.3, 0.4) is 0 Å². The minimum Gasteiger partial charge on any atom is -0.381 e. The number of anilines is 1. The maximum atomic E-state index is 12.8. The number of amides is 1. The molecule has 4 N–H and O–H groups in total. The highest BCUT2D eigenvalue weighted by Crippen LogP contribution is 2.19. The van der Waals surface area contributed by atoms with Crippen LogP contribution in [0.1, 0.15) is 40.5 Å². The molecule has 1 aliphatic rings. The van der Waals surface area contributed by atoms with Crippen molar-refractivity contribution in [2.24, 2.45) is 5.73 Å². The van der Waals surface area contributed by atoms with Crippen LogP contribution in [0, 0.1) is 6.92 Å². The summed E-state index contributed by atoms with van der Waals surface area (Å²) in [5.74, 6) is 0.874. The molecule has 0 spiro atoms. The van der Waals surface area contributed by atoms with Crippen molar-refractivity contribution in [1.29, 1.82) is 0 Å². The Hall–Kier alpha value is -2.72. The fourth-order valence-electron chi connectivity index (χ4n) is 3.58. The Morgan fingerprint density at radius 3 is 2.85 bits per heavy atom. The largest absolute Gasteiger partial charge is 0.381 e. The molecule has 33 heavy (non-hydrogen) atoms. The summed E-state index contributed by atoms with van der Waals surface area (Å²) in [5.41, 5.74) is 7.84. The van der Waals surface area contributed by atoms with Gasteiger partial charge in [-0.2, -0.15) is 4.98 Å². The van der Waals surface area contributed by atoms with Crippen molar-refractivity contribution in [1.82, 2.24) is 24.8 Å². The van der Waals surface area contributed by atoms with Crippen molar-refractivity contribution in [3.8, 4) is 5.82 Å². The summed E-state index contributed by atoms with van der Waals surface area (Å²) in [4.78, 5) is 26.1. The molecule has 0 aliphatic carbocycles. The topological polar surface area (TPSA) is 120 Å². The number of rotatable bonds is 7. The van der Waals surface area contributed by atoms with Gasteiger partial charge in [0.25, 0.3) is 5.91 Å². The van der Waals surface area contributed by atoms with Gasteiger partial charge in [0, 0.05) is 48.8 Å². The Morgan fingerprint density at radius 1 is 1.33 bits per heavy atom. The van der Waals surface area contributed by atoms with Crippen molar-refractivity contribution >= 4 is 35.9 Å². The van der Waals surface area contributed by atoms with Crippen molar-refractivity contribution in [2.45, 2.75) is 31.8 Å². The van der Waals surface area contributed by atoms with Gasteiger partial charge in [-0.15, -0.1) is 12.4 Å². The molecule has 1 saturated heterocycles. The van der Waals surface area contributed by atoms with Crippen LogP contribution in [0.25, 0.3) is 5.82 Å². The van der Waals surface area contributed by atoms with Gasteiger partial charge in [-0.1, -0.05) is 23.7 Å². The summed E-state index contributed by atoms with van der Waals surface area (Å²) >= 11 is 6.07. The molecule has 2 aromatic heterocycles. The molecule has 0 saturated carbocycles. The maximum Gasteiger partial charge on any atom is 0.272 e. The van der Waals surface area contributed by atoms with E-state index in [9.17, 15) is 4.79 Å². The number of carbonyl (C=O) groups is 1. The number of nitrogens with zero attached hydrogens (tertiary/aromatic N) is 4. The highest BCUT2D eigenvalue weighted by Gasteiger charge is 2.19. The zero-order chi connectivity index (χ0) is 22.5. The molecule has 1 aromatic carbocycles. The number of aromatic nitrogens is 4. The molecule has 11 heteroatoms. The number of hydrogen-bond acceptors (Lipinski definition) is 7. The average molecular weight is 492 g/mol. The van der Waals surface area contributed by atoms with Crippen LogP contribution in [0.5, 0.6) is 0 Å². The zero-order valence-electron chi connectivity index (χ0n) is 18.2. The molecule has 1 amide bonds. The van der Waals surface area contributed by atoms with Crippen LogP contribution in [0.15, 0.2) is 43.0 Å². The highest BCUT2D eigenvalue weighted by atomic mass is 35.5. The van der Waals surface area contributed by atoms with E-state index in [1.807, 2.05) is 19.1 Å². The number of nitrogens with one attached hydrogen (secondary N) is 2. The molecular weight excluding hydrogens is 465 g/mol. The summed E-state index contributed by atoms with van der Waals surface area (Å²) in [6.45, 7) is 3.61. The minimum absolute atomic E-state index is 0. The van der Waals surface area contributed by atoms with Gasteiger partial charge in [0.2, 0.25) is 5.95 Å². The van der Waals surface area contributed by atoms with Crippen molar-refractivity contribution in [3.05, 3.63) is 64.8 Å². The van der Waals surface area contributed by atoms with Crippen LogP contribution < -0.4 is 16.4 Å². The highest BCUT2D eigenvalue weighted by molar-refractivity contribution is 6.30. The van der Waals surface area contributed by atoms with E-state index in [0.29, 0.717) is 16.8 Å². The minimum atomic E-state index is -0.373. The molecule has 9 nitrogen and oxygen atoms in total. The Balaban J connectivity index is 0.00000306. The van der Waals surface area contributed by atoms with Gasteiger partial charge < -0.3 is 21.1 Å². The lowest BCUT2D eigenvalue weighted by Gasteiger charge is -2.23. The summed E-state index contributed by atoms with van der Waals surface area (Å²) in [6, 6.07) is 7.17. The van der Waals surface area contributed by atoms with Crippen LogP contribution in [-0.4, -0.2) is 51.2 Å². The lowest BCUT2D eigenvalue weighted by atomic mass is 10.1. The number of nitrogens with two attached hydrogens (primary N) is 1. The molecule has 0 radical (unpaired) electrons. The number of hydrogen-bond donors (Lipinski definition) is 3. The van der Waals surface area contributed by atoms with E-state index in [1.54, 1.807) is 35.4 Å². The third kappa shape index (κ3) is 6.20. The molecule has 4 rings (SSSR count). The Labute approximate surface area is 203 Å². The monoisotopic (exact) mass is 491 g/mol. The molecule has 3 heterocycles. The summed E-state index contributed by atoms with van der Waals surface area (Å²) in [6.07, 6.45) is 6.80. The molecular formula is C22H27Cl2N7O2. The molecule has 0 bridgehead atoms. The summed E-state index contributed by atoms with van der Waals surface area (Å²) in [5, 5.41) is 6.87. The van der Waals surface area contributed by atoms with E-state index in [4.69, 9.17) is 22.1 Å². The first-order chi connectivity index (χ1) is 15.5. The fourth-order valence-corrected chi connectivity index (χ4v) is 3.78. The van der Waals surface area contributed by atoms with Crippen molar-refractivity contribution < 1.29 is 9.53 Å². The first-order valence-corrected chi connectivity index (χ1v) is 10.9. The zero-order valence-corrected chi connectivity index (χ0v) is 19.8. The number of ether oxygens (including phenoxy) is 1. The third-order valence-corrected chi connectivity index (χ3v) is 5.59. The van der Waals surface area contributed by atoms with E-state index in [1.165, 1.54) is 0 Å². The second-order valence-electron chi connectivity index (χ2n) is 7.71. The van der Waals surface area contributed by atoms with Crippen molar-refractivity contribution in [3.63, 3.8) is 0 Å². The van der Waals surface area contributed by atoms with E-state index < -0.39 is 0 Å². The van der Waals surface area contributed by atoms with Crippen molar-refractivity contribution in [2.75, 3.05) is 25.1 Å². The van der Waals surface area contributed by atoms with Crippen LogP contribution in [0.4, 0.5) is 5.95 Å². The molecule has 3 aromatic rings. The molecule has 1 atom stereocenters. The molecule has 1 aliphatic heterocycles. The van der Waals surface area contributed by atoms with Crippen LogP contribution >= 0.6 is 24.0 Å². The second kappa shape index (κ2) is 11.4. The predicted molar refractivity (Wildman–Crippen MR) is 129 cm³/mol. The maximum absolute atomic E-state index is 12.8. The van der Waals surface area contributed by atoms with Gasteiger partial charge in [0.15, 0.2) is 0 Å². The Bertz CT molecular complexity index is 1090. The fraction of sp³-hybridized carbons (Fsp3) is 0.364. The van der Waals surface area contributed by atoms with Crippen LogP contribution in [0.2, 0.25) is 5.02 Å². The van der Waals surface area contributed by atoms with E-state index in [0.717, 1.165) is 37.2 Å². The quantitative estimate of drug-likeness (QED) is 0.464.